The standard InChI is InChI=1S/C8H16FNO/c1-7(2,11)8(9)4-5-10(3)6-8/h11H,4-6H2,1-3H3. The molecule has 1 aliphatic rings. The van der Waals surface area contributed by atoms with Gasteiger partial charge in [0.15, 0.2) is 5.67 Å². The molecule has 11 heavy (non-hydrogen) atoms. The molecule has 1 rings (SSSR count). The number of likely N-dealkylation sites (tertiary alicyclic amines) is 1. The van der Waals surface area contributed by atoms with Gasteiger partial charge >= 0.3 is 0 Å². The Balaban J connectivity index is 2.69. The van der Waals surface area contributed by atoms with E-state index in [0.29, 0.717) is 13.0 Å². The molecule has 0 radical (unpaired) electrons. The summed E-state index contributed by atoms with van der Waals surface area (Å²) in [5.41, 5.74) is -2.63. The van der Waals surface area contributed by atoms with Crippen LogP contribution in [-0.2, 0) is 0 Å². The molecule has 0 amide bonds. The summed E-state index contributed by atoms with van der Waals surface area (Å²) in [7, 11) is 1.87. The fourth-order valence-electron chi connectivity index (χ4n) is 1.45. The Morgan fingerprint density at radius 1 is 1.55 bits per heavy atom. The molecule has 0 aromatic rings. The van der Waals surface area contributed by atoms with E-state index in [2.05, 4.69) is 0 Å². The van der Waals surface area contributed by atoms with Crippen LogP contribution in [0.3, 0.4) is 0 Å². The molecule has 1 unspecified atom stereocenters. The Kier molecular flexibility index (Phi) is 1.97. The van der Waals surface area contributed by atoms with Crippen LogP contribution in [-0.4, -0.2) is 41.4 Å². The van der Waals surface area contributed by atoms with E-state index in [4.69, 9.17) is 0 Å². The van der Waals surface area contributed by atoms with Gasteiger partial charge in [-0.2, -0.15) is 0 Å². The van der Waals surface area contributed by atoms with Gasteiger partial charge in [-0.1, -0.05) is 0 Å². The molecule has 0 aromatic carbocycles. The van der Waals surface area contributed by atoms with Crippen molar-refractivity contribution in [2.45, 2.75) is 31.5 Å². The summed E-state index contributed by atoms with van der Waals surface area (Å²) < 4.78 is 13.8. The van der Waals surface area contributed by atoms with Gasteiger partial charge in [-0.15, -0.1) is 0 Å². The first kappa shape index (κ1) is 8.94. The SMILES string of the molecule is CN1CCC(F)(C(C)(C)O)C1. The lowest BCUT2D eigenvalue weighted by molar-refractivity contribution is -0.0701. The third-order valence-corrected chi connectivity index (χ3v) is 2.51. The molecule has 1 fully saturated rings. The van der Waals surface area contributed by atoms with Crippen molar-refractivity contribution in [1.29, 1.82) is 0 Å². The highest BCUT2D eigenvalue weighted by Crippen LogP contribution is 2.34. The minimum absolute atomic E-state index is 0.344. The number of hydrogen-bond acceptors (Lipinski definition) is 2. The molecule has 0 aromatic heterocycles. The van der Waals surface area contributed by atoms with Crippen LogP contribution < -0.4 is 0 Å². The van der Waals surface area contributed by atoms with Gasteiger partial charge in [-0.05, 0) is 27.3 Å². The summed E-state index contributed by atoms with van der Waals surface area (Å²) in [6.45, 7) is 4.15. The van der Waals surface area contributed by atoms with E-state index in [1.165, 1.54) is 13.8 Å². The highest BCUT2D eigenvalue weighted by atomic mass is 19.1. The van der Waals surface area contributed by atoms with Gasteiger partial charge in [0, 0.05) is 13.1 Å². The quantitative estimate of drug-likeness (QED) is 0.615. The van der Waals surface area contributed by atoms with Crippen LogP contribution in [0.2, 0.25) is 0 Å². The van der Waals surface area contributed by atoms with Crippen LogP contribution >= 0.6 is 0 Å². The molecule has 0 saturated carbocycles. The molecule has 1 saturated heterocycles. The van der Waals surface area contributed by atoms with Crippen molar-refractivity contribution in [3.05, 3.63) is 0 Å². The van der Waals surface area contributed by atoms with E-state index in [-0.39, 0.29) is 0 Å². The Labute approximate surface area is 67.0 Å². The van der Waals surface area contributed by atoms with Crippen molar-refractivity contribution in [2.24, 2.45) is 0 Å². The van der Waals surface area contributed by atoms with E-state index >= 15 is 0 Å². The van der Waals surface area contributed by atoms with E-state index in [0.717, 1.165) is 6.54 Å². The fourth-order valence-corrected chi connectivity index (χ4v) is 1.45. The van der Waals surface area contributed by atoms with Gasteiger partial charge in [-0.25, -0.2) is 4.39 Å². The highest BCUT2D eigenvalue weighted by molar-refractivity contribution is 5.00. The molecule has 66 valence electrons. The zero-order valence-corrected chi connectivity index (χ0v) is 7.39. The summed E-state index contributed by atoms with van der Waals surface area (Å²) in [5, 5.41) is 9.49. The van der Waals surface area contributed by atoms with Crippen molar-refractivity contribution in [1.82, 2.24) is 4.90 Å². The van der Waals surface area contributed by atoms with Gasteiger partial charge in [-0.3, -0.25) is 0 Å². The number of hydrogen-bond donors (Lipinski definition) is 1. The fraction of sp³-hybridized carbons (Fsp3) is 1.00. The summed E-state index contributed by atoms with van der Waals surface area (Å²) in [6.07, 6.45) is 0.438. The lowest BCUT2D eigenvalue weighted by atomic mass is 9.87. The van der Waals surface area contributed by atoms with Gasteiger partial charge in [0.25, 0.3) is 0 Å². The second-order valence-electron chi connectivity index (χ2n) is 4.01. The average Bonchev–Trinajstić information content (AvgIpc) is 2.10. The van der Waals surface area contributed by atoms with E-state index in [1.54, 1.807) is 0 Å². The Hall–Kier alpha value is -0.150. The van der Waals surface area contributed by atoms with Crippen LogP contribution in [0.5, 0.6) is 0 Å². The predicted octanol–water partition coefficient (Wildman–Crippen LogP) is 0.801. The van der Waals surface area contributed by atoms with Crippen molar-refractivity contribution in [3.8, 4) is 0 Å². The van der Waals surface area contributed by atoms with Gasteiger partial charge in [0.1, 0.15) is 0 Å². The van der Waals surface area contributed by atoms with Crippen molar-refractivity contribution in [3.63, 3.8) is 0 Å². The zero-order valence-electron chi connectivity index (χ0n) is 7.39. The summed E-state index contributed by atoms with van der Waals surface area (Å²) in [4.78, 5) is 1.90. The number of halogens is 1. The maximum atomic E-state index is 13.8. The molecule has 1 atom stereocenters. The first-order valence-corrected chi connectivity index (χ1v) is 3.95. The summed E-state index contributed by atoms with van der Waals surface area (Å²) in [5.74, 6) is 0. The third-order valence-electron chi connectivity index (χ3n) is 2.51. The lowest BCUT2D eigenvalue weighted by Crippen LogP contribution is -2.48. The molecule has 0 bridgehead atoms. The second kappa shape index (κ2) is 2.42. The first-order valence-electron chi connectivity index (χ1n) is 3.95. The first-order chi connectivity index (χ1) is 4.85. The molecule has 0 spiro atoms. The molecule has 1 aliphatic heterocycles. The minimum atomic E-state index is -1.41. The molecular weight excluding hydrogens is 145 g/mol. The lowest BCUT2D eigenvalue weighted by Gasteiger charge is -2.32. The predicted molar refractivity (Wildman–Crippen MR) is 42.3 cm³/mol. The monoisotopic (exact) mass is 161 g/mol. The molecule has 0 aliphatic carbocycles. The van der Waals surface area contributed by atoms with Crippen LogP contribution in [0.4, 0.5) is 4.39 Å². The smallest absolute Gasteiger partial charge is 0.152 e. The van der Waals surface area contributed by atoms with Gasteiger partial charge < -0.3 is 10.0 Å². The van der Waals surface area contributed by atoms with Crippen LogP contribution in [0, 0.1) is 0 Å². The Bertz CT molecular complexity index is 155. The Morgan fingerprint density at radius 3 is 2.27 bits per heavy atom. The van der Waals surface area contributed by atoms with Crippen molar-refractivity contribution < 1.29 is 9.50 Å². The maximum Gasteiger partial charge on any atom is 0.152 e. The number of nitrogens with zero attached hydrogens (tertiary/aromatic N) is 1. The number of aliphatic hydroxyl groups is 1. The number of alkyl halides is 1. The molecule has 2 nitrogen and oxygen atoms in total. The minimum Gasteiger partial charge on any atom is -0.387 e. The summed E-state index contributed by atoms with van der Waals surface area (Å²) >= 11 is 0. The largest absolute Gasteiger partial charge is 0.387 e. The van der Waals surface area contributed by atoms with E-state index in [1.807, 2.05) is 11.9 Å². The van der Waals surface area contributed by atoms with Crippen LogP contribution in [0.1, 0.15) is 20.3 Å². The number of rotatable bonds is 1. The summed E-state index contributed by atoms with van der Waals surface area (Å²) in [6, 6.07) is 0. The van der Waals surface area contributed by atoms with Crippen LogP contribution in [0.25, 0.3) is 0 Å². The molecule has 1 heterocycles. The molecular formula is C8H16FNO. The van der Waals surface area contributed by atoms with Crippen molar-refractivity contribution in [2.75, 3.05) is 20.1 Å². The third kappa shape index (κ3) is 1.54. The zero-order chi connectivity index (χ0) is 8.70. The average molecular weight is 161 g/mol. The molecule has 1 N–H and O–H groups in total. The van der Waals surface area contributed by atoms with Crippen LogP contribution in [0.15, 0.2) is 0 Å². The Morgan fingerprint density at radius 2 is 2.09 bits per heavy atom. The molecule has 3 heteroatoms. The van der Waals surface area contributed by atoms with Crippen molar-refractivity contribution >= 4 is 0 Å². The van der Waals surface area contributed by atoms with Gasteiger partial charge in [0.05, 0.1) is 5.60 Å². The highest BCUT2D eigenvalue weighted by Gasteiger charge is 2.48. The van der Waals surface area contributed by atoms with E-state index in [9.17, 15) is 9.50 Å². The maximum absolute atomic E-state index is 13.8. The van der Waals surface area contributed by atoms with Gasteiger partial charge in [0.2, 0.25) is 0 Å². The van der Waals surface area contributed by atoms with E-state index < -0.39 is 11.3 Å². The second-order valence-corrected chi connectivity index (χ2v) is 4.01. The normalized spacial score (nSPS) is 34.6. The topological polar surface area (TPSA) is 23.5 Å².